The van der Waals surface area contributed by atoms with Gasteiger partial charge in [0.25, 0.3) is 0 Å². The van der Waals surface area contributed by atoms with Gasteiger partial charge in [-0.05, 0) is 41.9 Å². The van der Waals surface area contributed by atoms with E-state index in [4.69, 9.17) is 27.9 Å². The summed E-state index contributed by atoms with van der Waals surface area (Å²) in [7, 11) is 1.79. The van der Waals surface area contributed by atoms with Crippen molar-refractivity contribution in [1.82, 2.24) is 4.90 Å². The Bertz CT molecular complexity index is 1060. The lowest BCUT2D eigenvalue weighted by Gasteiger charge is -2.23. The first-order chi connectivity index (χ1) is 15.1. The number of likely N-dealkylation sites (N-methyl/N-ethyl adjacent to an activating group) is 1. The Hall–Kier alpha value is -2.25. The van der Waals surface area contributed by atoms with Crippen LogP contribution in [0.25, 0.3) is 11.1 Å². The molecule has 1 N–H and O–H groups in total. The Balaban J connectivity index is 1.67. The second-order valence-corrected chi connectivity index (χ2v) is 8.25. The first kappa shape index (κ1) is 24.4. The van der Waals surface area contributed by atoms with Gasteiger partial charge in [-0.2, -0.15) is 13.2 Å². The minimum absolute atomic E-state index is 0.0286. The predicted molar refractivity (Wildman–Crippen MR) is 121 cm³/mol. The molecule has 0 spiro atoms. The van der Waals surface area contributed by atoms with E-state index >= 15 is 0 Å². The highest BCUT2D eigenvalue weighted by Gasteiger charge is 2.33. The fourth-order valence-electron chi connectivity index (χ4n) is 3.41. The number of benzene rings is 3. The zero-order valence-electron chi connectivity index (χ0n) is 17.2. The van der Waals surface area contributed by atoms with Crippen LogP contribution in [-0.4, -0.2) is 36.3 Å². The van der Waals surface area contributed by atoms with Crippen LogP contribution in [-0.2, 0) is 12.7 Å². The van der Waals surface area contributed by atoms with Gasteiger partial charge in [-0.25, -0.2) is 0 Å². The number of hydrogen-bond acceptors (Lipinski definition) is 3. The van der Waals surface area contributed by atoms with Gasteiger partial charge in [-0.3, -0.25) is 4.90 Å². The summed E-state index contributed by atoms with van der Waals surface area (Å²) in [5.41, 5.74) is 0.691. The summed E-state index contributed by atoms with van der Waals surface area (Å²) in [6.07, 6.45) is -5.27. The maximum atomic E-state index is 13.5. The van der Waals surface area contributed by atoms with Crippen molar-refractivity contribution in [2.75, 3.05) is 20.2 Å². The van der Waals surface area contributed by atoms with Crippen LogP contribution in [0.15, 0.2) is 66.7 Å². The van der Waals surface area contributed by atoms with Crippen LogP contribution in [0.3, 0.4) is 0 Å². The highest BCUT2D eigenvalue weighted by Crippen LogP contribution is 2.38. The number of aliphatic hydroxyl groups excluding tert-OH is 1. The molecular weight excluding hydrogens is 462 g/mol. The monoisotopic (exact) mass is 483 g/mol. The Morgan fingerprint density at radius 2 is 1.59 bits per heavy atom. The molecule has 0 aromatic heterocycles. The quantitative estimate of drug-likeness (QED) is 0.394. The van der Waals surface area contributed by atoms with E-state index in [1.54, 1.807) is 55.6 Å². The van der Waals surface area contributed by atoms with Gasteiger partial charge < -0.3 is 9.84 Å². The van der Waals surface area contributed by atoms with Crippen molar-refractivity contribution in [3.63, 3.8) is 0 Å². The zero-order valence-corrected chi connectivity index (χ0v) is 18.8. The first-order valence-corrected chi connectivity index (χ1v) is 10.6. The smallest absolute Gasteiger partial charge is 0.417 e. The van der Waals surface area contributed by atoms with Gasteiger partial charge >= 0.3 is 6.18 Å². The highest BCUT2D eigenvalue weighted by atomic mass is 35.5. The molecule has 3 nitrogen and oxygen atoms in total. The predicted octanol–water partition coefficient (Wildman–Crippen LogP) is 6.55. The van der Waals surface area contributed by atoms with E-state index in [0.29, 0.717) is 27.9 Å². The van der Waals surface area contributed by atoms with Gasteiger partial charge in [0.15, 0.2) is 0 Å². The molecule has 0 saturated heterocycles. The van der Waals surface area contributed by atoms with Gasteiger partial charge in [-0.15, -0.1) is 0 Å². The normalized spacial score (nSPS) is 12.8. The average Bonchev–Trinajstić information content (AvgIpc) is 2.74. The number of nitrogens with zero attached hydrogens (tertiary/aromatic N) is 1. The van der Waals surface area contributed by atoms with Crippen LogP contribution in [0, 0.1) is 0 Å². The van der Waals surface area contributed by atoms with Crippen molar-refractivity contribution in [3.8, 4) is 16.9 Å². The number of hydrogen-bond donors (Lipinski definition) is 1. The van der Waals surface area contributed by atoms with E-state index in [2.05, 4.69) is 0 Å². The summed E-state index contributed by atoms with van der Waals surface area (Å²) in [6.45, 7) is 0.642. The molecule has 1 atom stereocenters. The Kier molecular flexibility index (Phi) is 8.06. The lowest BCUT2D eigenvalue weighted by molar-refractivity contribution is -0.137. The van der Waals surface area contributed by atoms with Crippen LogP contribution in [0.4, 0.5) is 13.2 Å². The largest absolute Gasteiger partial charge is 0.491 e. The molecule has 3 aromatic rings. The molecule has 0 bridgehead atoms. The SMILES string of the molecule is CN(Cc1ccccc1-c1ccccc1C(F)(F)F)CC(O)COc1ccc(Cl)c(Cl)c1. The van der Waals surface area contributed by atoms with Gasteiger partial charge in [0.2, 0.25) is 0 Å². The van der Waals surface area contributed by atoms with Crippen molar-refractivity contribution >= 4 is 23.2 Å². The summed E-state index contributed by atoms with van der Waals surface area (Å²) in [5, 5.41) is 11.1. The first-order valence-electron chi connectivity index (χ1n) is 9.84. The molecule has 32 heavy (non-hydrogen) atoms. The molecule has 0 heterocycles. The van der Waals surface area contributed by atoms with E-state index in [0.717, 1.165) is 11.6 Å². The third-order valence-electron chi connectivity index (χ3n) is 4.84. The summed E-state index contributed by atoms with van der Waals surface area (Å²) in [4.78, 5) is 1.83. The Morgan fingerprint density at radius 1 is 0.938 bits per heavy atom. The van der Waals surface area contributed by atoms with Crippen molar-refractivity contribution in [2.45, 2.75) is 18.8 Å². The highest BCUT2D eigenvalue weighted by molar-refractivity contribution is 6.42. The minimum Gasteiger partial charge on any atom is -0.491 e. The molecule has 8 heteroatoms. The fourth-order valence-corrected chi connectivity index (χ4v) is 3.70. The van der Waals surface area contributed by atoms with Gasteiger partial charge in [0, 0.05) is 19.2 Å². The van der Waals surface area contributed by atoms with Crippen LogP contribution in [0.1, 0.15) is 11.1 Å². The number of alkyl halides is 3. The Labute approximate surface area is 195 Å². The third-order valence-corrected chi connectivity index (χ3v) is 5.58. The van der Waals surface area contributed by atoms with Crippen molar-refractivity contribution in [1.29, 1.82) is 0 Å². The summed E-state index contributed by atoms with van der Waals surface area (Å²) < 4.78 is 46.1. The molecule has 0 saturated carbocycles. The van der Waals surface area contributed by atoms with Gasteiger partial charge in [-0.1, -0.05) is 65.7 Å². The number of aliphatic hydroxyl groups is 1. The van der Waals surface area contributed by atoms with E-state index in [9.17, 15) is 18.3 Å². The third kappa shape index (κ3) is 6.39. The molecule has 0 fully saturated rings. The second kappa shape index (κ2) is 10.6. The minimum atomic E-state index is -4.45. The fraction of sp³-hybridized carbons (Fsp3) is 0.250. The van der Waals surface area contributed by atoms with E-state index in [1.807, 2.05) is 4.90 Å². The van der Waals surface area contributed by atoms with E-state index in [1.165, 1.54) is 12.1 Å². The summed E-state index contributed by atoms with van der Waals surface area (Å²) in [5.74, 6) is 0.482. The molecule has 0 amide bonds. The van der Waals surface area contributed by atoms with Crippen LogP contribution < -0.4 is 4.74 Å². The van der Waals surface area contributed by atoms with E-state index < -0.39 is 17.8 Å². The van der Waals surface area contributed by atoms with Crippen LogP contribution in [0.5, 0.6) is 5.75 Å². The van der Waals surface area contributed by atoms with Crippen LogP contribution in [0.2, 0.25) is 10.0 Å². The van der Waals surface area contributed by atoms with Crippen molar-refractivity contribution in [2.24, 2.45) is 0 Å². The molecule has 0 aliphatic rings. The molecule has 0 radical (unpaired) electrons. The average molecular weight is 484 g/mol. The molecule has 1 unspecified atom stereocenters. The lowest BCUT2D eigenvalue weighted by Crippen LogP contribution is -2.32. The lowest BCUT2D eigenvalue weighted by atomic mass is 9.95. The van der Waals surface area contributed by atoms with Crippen LogP contribution >= 0.6 is 23.2 Å². The number of ether oxygens (including phenoxy) is 1. The van der Waals surface area contributed by atoms with Gasteiger partial charge in [0.1, 0.15) is 18.5 Å². The van der Waals surface area contributed by atoms with Gasteiger partial charge in [0.05, 0.1) is 15.6 Å². The number of rotatable bonds is 8. The molecule has 0 aliphatic carbocycles. The maximum absolute atomic E-state index is 13.5. The molecule has 170 valence electrons. The van der Waals surface area contributed by atoms with Crippen molar-refractivity contribution < 1.29 is 23.0 Å². The zero-order chi connectivity index (χ0) is 23.3. The number of halogens is 5. The summed E-state index contributed by atoms with van der Waals surface area (Å²) >= 11 is 11.8. The topological polar surface area (TPSA) is 32.7 Å². The molecule has 0 aliphatic heterocycles. The van der Waals surface area contributed by atoms with Crippen molar-refractivity contribution in [3.05, 3.63) is 87.9 Å². The van der Waals surface area contributed by atoms with E-state index in [-0.39, 0.29) is 18.7 Å². The summed E-state index contributed by atoms with van der Waals surface area (Å²) in [6, 6.07) is 17.3. The second-order valence-electron chi connectivity index (χ2n) is 7.44. The maximum Gasteiger partial charge on any atom is 0.417 e. The molecule has 3 rings (SSSR count). The Morgan fingerprint density at radius 3 is 2.28 bits per heavy atom. The molecular formula is C24H22Cl2F3NO2. The standard InChI is InChI=1S/C24H22Cl2F3NO2/c1-30(14-17(31)15-32-18-10-11-22(25)23(26)12-18)13-16-6-2-3-7-19(16)20-8-4-5-9-21(20)24(27,28)29/h2-12,17,31H,13-15H2,1H3. The molecule has 3 aromatic carbocycles.